The van der Waals surface area contributed by atoms with E-state index in [2.05, 4.69) is 0 Å². The van der Waals surface area contributed by atoms with Gasteiger partial charge in [-0.15, -0.1) is 0 Å². The highest BCUT2D eigenvalue weighted by Crippen LogP contribution is 2.43. The smallest absolute Gasteiger partial charge is 0.167 e. The van der Waals surface area contributed by atoms with Gasteiger partial charge in [0.05, 0.1) is 24.2 Å². The number of carbonyl (C=O) groups excluding carboxylic acids is 1. The Hall–Kier alpha value is -2.07. The molecular formula is C16H16O4. The molecule has 0 saturated heterocycles. The van der Waals surface area contributed by atoms with E-state index in [1.165, 1.54) is 7.11 Å². The van der Waals surface area contributed by atoms with Crippen LogP contribution in [-0.2, 0) is 0 Å². The lowest BCUT2D eigenvalue weighted by Crippen LogP contribution is -2.15. The number of aliphatic hydroxyl groups excluding tert-OH is 1. The number of aryl methyl sites for hydroxylation is 1. The lowest BCUT2D eigenvalue weighted by molar-refractivity contribution is 0.0893. The standard InChI is InChI=1S/C16H16O4/c1-8-5-9-7-10-11(17)3-4-12(18)15(10)16(19)14(9)13(6-8)20-2/h5-7,11,17,19H,3-4H2,1-2H3. The number of ether oxygens (including phenoxy) is 1. The molecule has 4 nitrogen and oxygen atoms in total. The van der Waals surface area contributed by atoms with Crippen molar-refractivity contribution in [3.8, 4) is 11.5 Å². The van der Waals surface area contributed by atoms with Gasteiger partial charge in [0.1, 0.15) is 11.5 Å². The minimum atomic E-state index is -0.704. The first-order valence-corrected chi connectivity index (χ1v) is 6.58. The minimum absolute atomic E-state index is 0.0851. The van der Waals surface area contributed by atoms with E-state index < -0.39 is 6.10 Å². The molecule has 1 unspecified atom stereocenters. The summed E-state index contributed by atoms with van der Waals surface area (Å²) in [6.07, 6.45) is -0.0503. The SMILES string of the molecule is COc1cc(C)cc2cc3c(c(O)c12)C(=O)CCC3O. The molecule has 0 amide bonds. The van der Waals surface area contributed by atoms with Crippen molar-refractivity contribution < 1.29 is 19.7 Å². The molecule has 104 valence electrons. The molecule has 1 aliphatic carbocycles. The van der Waals surface area contributed by atoms with Gasteiger partial charge in [0.25, 0.3) is 0 Å². The normalized spacial score (nSPS) is 18.1. The van der Waals surface area contributed by atoms with Crippen LogP contribution in [0.25, 0.3) is 10.8 Å². The molecule has 0 saturated carbocycles. The third-order valence-corrected chi connectivity index (χ3v) is 3.85. The van der Waals surface area contributed by atoms with Gasteiger partial charge >= 0.3 is 0 Å². The van der Waals surface area contributed by atoms with E-state index in [1.807, 2.05) is 19.1 Å². The Bertz CT molecular complexity index is 718. The maximum atomic E-state index is 12.1. The molecule has 0 radical (unpaired) electrons. The first-order chi connectivity index (χ1) is 9.52. The summed E-state index contributed by atoms with van der Waals surface area (Å²) in [4.78, 5) is 12.1. The molecule has 3 rings (SSSR count). The Balaban J connectivity index is 2.44. The average Bonchev–Trinajstić information content (AvgIpc) is 2.41. The van der Waals surface area contributed by atoms with Gasteiger partial charge in [0.15, 0.2) is 5.78 Å². The number of aliphatic hydroxyl groups is 1. The highest BCUT2D eigenvalue weighted by atomic mass is 16.5. The lowest BCUT2D eigenvalue weighted by atomic mass is 9.85. The van der Waals surface area contributed by atoms with Gasteiger partial charge in [-0.2, -0.15) is 0 Å². The number of benzene rings is 2. The van der Waals surface area contributed by atoms with Crippen LogP contribution < -0.4 is 4.74 Å². The van der Waals surface area contributed by atoms with Crippen LogP contribution in [0.5, 0.6) is 11.5 Å². The van der Waals surface area contributed by atoms with Gasteiger partial charge < -0.3 is 14.9 Å². The van der Waals surface area contributed by atoms with Gasteiger partial charge in [0.2, 0.25) is 0 Å². The summed E-state index contributed by atoms with van der Waals surface area (Å²) in [5, 5.41) is 21.8. The van der Waals surface area contributed by atoms with Gasteiger partial charge in [-0.25, -0.2) is 0 Å². The number of hydrogen-bond acceptors (Lipinski definition) is 4. The number of rotatable bonds is 1. The summed E-state index contributed by atoms with van der Waals surface area (Å²) in [6.45, 7) is 1.93. The summed E-state index contributed by atoms with van der Waals surface area (Å²) < 4.78 is 5.31. The van der Waals surface area contributed by atoms with Gasteiger partial charge in [-0.1, -0.05) is 6.07 Å². The van der Waals surface area contributed by atoms with Gasteiger partial charge in [0, 0.05) is 6.42 Å². The van der Waals surface area contributed by atoms with E-state index in [0.717, 1.165) is 10.9 Å². The van der Waals surface area contributed by atoms with Gasteiger partial charge in [-0.05, 0) is 42.0 Å². The fourth-order valence-corrected chi connectivity index (χ4v) is 2.91. The van der Waals surface area contributed by atoms with Crippen molar-refractivity contribution in [2.75, 3.05) is 7.11 Å². The number of hydrogen-bond donors (Lipinski definition) is 2. The topological polar surface area (TPSA) is 66.8 Å². The molecule has 0 bridgehead atoms. The van der Waals surface area contributed by atoms with Crippen LogP contribution in [0.3, 0.4) is 0 Å². The van der Waals surface area contributed by atoms with Crippen LogP contribution in [-0.4, -0.2) is 23.1 Å². The van der Waals surface area contributed by atoms with Crippen molar-refractivity contribution in [2.24, 2.45) is 0 Å². The molecule has 1 aliphatic rings. The summed E-state index contributed by atoms with van der Waals surface area (Å²) in [6, 6.07) is 5.50. The minimum Gasteiger partial charge on any atom is -0.506 e. The van der Waals surface area contributed by atoms with Crippen molar-refractivity contribution in [1.82, 2.24) is 0 Å². The number of phenols is 1. The molecular weight excluding hydrogens is 256 g/mol. The summed E-state index contributed by atoms with van der Waals surface area (Å²) in [5.74, 6) is 0.318. The summed E-state index contributed by atoms with van der Waals surface area (Å²) in [5.41, 5.74) is 1.74. The molecule has 0 aliphatic heterocycles. The third-order valence-electron chi connectivity index (χ3n) is 3.85. The number of ketones is 1. The zero-order chi connectivity index (χ0) is 14.4. The Labute approximate surface area is 116 Å². The van der Waals surface area contributed by atoms with Crippen LogP contribution in [0.4, 0.5) is 0 Å². The first kappa shape index (κ1) is 12.9. The Kier molecular flexibility index (Phi) is 2.91. The van der Waals surface area contributed by atoms with Crippen molar-refractivity contribution in [1.29, 1.82) is 0 Å². The molecule has 0 fully saturated rings. The molecule has 2 N–H and O–H groups in total. The number of carbonyl (C=O) groups is 1. The molecule has 2 aromatic carbocycles. The first-order valence-electron chi connectivity index (χ1n) is 6.58. The Morgan fingerprint density at radius 1 is 1.30 bits per heavy atom. The lowest BCUT2D eigenvalue weighted by Gasteiger charge is -2.23. The van der Waals surface area contributed by atoms with E-state index >= 15 is 0 Å². The van der Waals surface area contributed by atoms with Crippen LogP contribution in [0, 0.1) is 6.92 Å². The highest BCUT2D eigenvalue weighted by molar-refractivity contribution is 6.08. The Morgan fingerprint density at radius 2 is 2.05 bits per heavy atom. The van der Waals surface area contributed by atoms with E-state index in [1.54, 1.807) is 6.07 Å². The second-order valence-corrected chi connectivity index (χ2v) is 5.23. The third kappa shape index (κ3) is 1.76. The second-order valence-electron chi connectivity index (χ2n) is 5.23. The predicted molar refractivity (Wildman–Crippen MR) is 75.4 cm³/mol. The Morgan fingerprint density at radius 3 is 2.75 bits per heavy atom. The number of Topliss-reactive ketones (excluding diaryl/α,β-unsaturated/α-hetero) is 1. The maximum Gasteiger partial charge on any atom is 0.167 e. The predicted octanol–water partition coefficient (Wildman–Crippen LogP) is 2.87. The zero-order valence-corrected chi connectivity index (χ0v) is 11.4. The fourth-order valence-electron chi connectivity index (χ4n) is 2.91. The number of phenolic OH excluding ortho intramolecular Hbond substituents is 1. The second kappa shape index (κ2) is 4.49. The average molecular weight is 272 g/mol. The van der Waals surface area contributed by atoms with Crippen molar-refractivity contribution in [2.45, 2.75) is 25.9 Å². The van der Waals surface area contributed by atoms with E-state index in [4.69, 9.17) is 4.74 Å². The van der Waals surface area contributed by atoms with Gasteiger partial charge in [-0.3, -0.25) is 4.79 Å². The van der Waals surface area contributed by atoms with Crippen molar-refractivity contribution >= 4 is 16.6 Å². The molecule has 20 heavy (non-hydrogen) atoms. The number of aromatic hydroxyl groups is 1. The molecule has 4 heteroatoms. The summed E-state index contributed by atoms with van der Waals surface area (Å²) >= 11 is 0. The highest BCUT2D eigenvalue weighted by Gasteiger charge is 2.29. The van der Waals surface area contributed by atoms with Crippen molar-refractivity contribution in [3.63, 3.8) is 0 Å². The largest absolute Gasteiger partial charge is 0.506 e. The van der Waals surface area contributed by atoms with Crippen LogP contribution in [0.1, 0.15) is 40.4 Å². The summed E-state index contributed by atoms with van der Waals surface area (Å²) in [7, 11) is 1.53. The van der Waals surface area contributed by atoms with Crippen LogP contribution >= 0.6 is 0 Å². The fraction of sp³-hybridized carbons (Fsp3) is 0.312. The number of fused-ring (bicyclic) bond motifs is 2. The van der Waals surface area contributed by atoms with E-state index in [9.17, 15) is 15.0 Å². The molecule has 1 atom stereocenters. The van der Waals surface area contributed by atoms with Crippen molar-refractivity contribution in [3.05, 3.63) is 34.9 Å². The molecule has 0 spiro atoms. The monoisotopic (exact) mass is 272 g/mol. The number of methoxy groups -OCH3 is 1. The zero-order valence-electron chi connectivity index (χ0n) is 11.4. The quantitative estimate of drug-likeness (QED) is 0.837. The maximum absolute atomic E-state index is 12.1. The van der Waals surface area contributed by atoms with E-state index in [0.29, 0.717) is 23.1 Å². The molecule has 2 aromatic rings. The molecule has 0 heterocycles. The van der Waals surface area contributed by atoms with Crippen LogP contribution in [0.2, 0.25) is 0 Å². The molecule has 0 aromatic heterocycles. The van der Waals surface area contributed by atoms with E-state index in [-0.39, 0.29) is 23.5 Å². The van der Waals surface area contributed by atoms with Crippen LogP contribution in [0.15, 0.2) is 18.2 Å².